The molecule has 0 spiro atoms. The van der Waals surface area contributed by atoms with Gasteiger partial charge in [-0.1, -0.05) is 51.7 Å². The molecule has 1 rings (SSSR count). The fourth-order valence-electron chi connectivity index (χ4n) is 3.04. The average Bonchev–Trinajstić information content (AvgIpc) is 2.66. The zero-order valence-electron chi connectivity index (χ0n) is 17.0. The van der Waals surface area contributed by atoms with Gasteiger partial charge in [0, 0.05) is 24.6 Å². The first-order valence-electron chi connectivity index (χ1n) is 9.75. The number of benzene rings is 1. The molecule has 6 heteroatoms. The molecule has 152 valence electrons. The van der Waals surface area contributed by atoms with Crippen molar-refractivity contribution in [3.8, 4) is 5.75 Å². The summed E-state index contributed by atoms with van der Waals surface area (Å²) in [7, 11) is 3.20. The molecule has 1 aromatic carbocycles. The SMILES string of the molecule is CCCCCCC(C(=O)N[C@@H](Cc1ccc(OC)cc1)C(=O)NC)C(C)S. The average molecular weight is 395 g/mol. The lowest BCUT2D eigenvalue weighted by Gasteiger charge is -2.24. The standard InChI is InChI=1S/C21H34N2O3S/c1-5-6-7-8-9-18(15(2)27)20(24)23-19(21(25)22-3)14-16-10-12-17(26-4)13-11-16/h10-13,15,18-19,27H,5-9,14H2,1-4H3,(H,22,25)(H,23,24)/t15?,18?,19-/m0/s1. The second kappa shape index (κ2) is 12.7. The number of methoxy groups -OCH3 is 1. The number of unbranched alkanes of at least 4 members (excludes halogenated alkanes) is 3. The third-order valence-corrected chi connectivity index (χ3v) is 5.13. The van der Waals surface area contributed by atoms with Crippen molar-refractivity contribution in [2.45, 2.75) is 63.7 Å². The molecule has 5 nitrogen and oxygen atoms in total. The predicted octanol–water partition coefficient (Wildman–Crippen LogP) is 3.37. The molecule has 2 amide bonds. The van der Waals surface area contributed by atoms with E-state index >= 15 is 0 Å². The molecule has 0 aromatic heterocycles. The van der Waals surface area contributed by atoms with Gasteiger partial charge >= 0.3 is 0 Å². The molecule has 0 aliphatic carbocycles. The number of amides is 2. The van der Waals surface area contributed by atoms with E-state index in [2.05, 4.69) is 30.2 Å². The number of nitrogens with one attached hydrogen (secondary N) is 2. The minimum atomic E-state index is -0.610. The van der Waals surface area contributed by atoms with E-state index < -0.39 is 6.04 Å². The van der Waals surface area contributed by atoms with Crippen LogP contribution in [-0.4, -0.2) is 37.3 Å². The summed E-state index contributed by atoms with van der Waals surface area (Å²) in [6.07, 6.45) is 5.67. The van der Waals surface area contributed by atoms with E-state index in [0.29, 0.717) is 6.42 Å². The van der Waals surface area contributed by atoms with E-state index in [1.54, 1.807) is 14.2 Å². The first kappa shape index (κ1) is 23.3. The van der Waals surface area contributed by atoms with E-state index in [1.165, 1.54) is 6.42 Å². The van der Waals surface area contributed by atoms with Crippen LogP contribution in [0.5, 0.6) is 5.75 Å². The van der Waals surface area contributed by atoms with Crippen molar-refractivity contribution >= 4 is 24.4 Å². The van der Waals surface area contributed by atoms with Crippen LogP contribution in [0, 0.1) is 5.92 Å². The molecule has 0 fully saturated rings. The third-order valence-electron chi connectivity index (χ3n) is 4.77. The molecule has 27 heavy (non-hydrogen) atoms. The maximum absolute atomic E-state index is 12.8. The molecular formula is C21H34N2O3S. The lowest BCUT2D eigenvalue weighted by atomic mass is 9.95. The minimum absolute atomic E-state index is 0.0575. The van der Waals surface area contributed by atoms with Crippen LogP contribution in [0.2, 0.25) is 0 Å². The summed E-state index contributed by atoms with van der Waals surface area (Å²) in [5, 5.41) is 5.52. The zero-order chi connectivity index (χ0) is 20.2. The fourth-order valence-corrected chi connectivity index (χ4v) is 3.33. The van der Waals surface area contributed by atoms with E-state index in [0.717, 1.165) is 37.0 Å². The van der Waals surface area contributed by atoms with Crippen molar-refractivity contribution in [2.24, 2.45) is 5.92 Å². The summed E-state index contributed by atoms with van der Waals surface area (Å²) in [5.74, 6) is 0.260. The Morgan fingerprint density at radius 1 is 1.11 bits per heavy atom. The second-order valence-electron chi connectivity index (χ2n) is 6.92. The zero-order valence-corrected chi connectivity index (χ0v) is 17.9. The Bertz CT molecular complexity index is 575. The Morgan fingerprint density at radius 3 is 2.30 bits per heavy atom. The normalized spacial score (nSPS) is 14.1. The molecule has 3 atom stereocenters. The van der Waals surface area contributed by atoms with Crippen LogP contribution in [0.3, 0.4) is 0 Å². The monoisotopic (exact) mass is 394 g/mol. The molecule has 0 aliphatic heterocycles. The van der Waals surface area contributed by atoms with E-state index in [1.807, 2.05) is 31.2 Å². The summed E-state index contributed by atoms with van der Waals surface area (Å²) in [4.78, 5) is 25.1. The van der Waals surface area contributed by atoms with Gasteiger partial charge in [-0.15, -0.1) is 0 Å². The van der Waals surface area contributed by atoms with Crippen LogP contribution in [-0.2, 0) is 16.0 Å². The Hall–Kier alpha value is -1.69. The summed E-state index contributed by atoms with van der Waals surface area (Å²) >= 11 is 4.50. The van der Waals surface area contributed by atoms with Crippen molar-refractivity contribution in [3.63, 3.8) is 0 Å². The van der Waals surface area contributed by atoms with Crippen LogP contribution in [0.1, 0.15) is 51.5 Å². The number of rotatable bonds is 12. The van der Waals surface area contributed by atoms with Crippen molar-refractivity contribution in [1.29, 1.82) is 0 Å². The second-order valence-corrected chi connectivity index (χ2v) is 7.74. The number of ether oxygens (including phenoxy) is 1. The smallest absolute Gasteiger partial charge is 0.242 e. The van der Waals surface area contributed by atoms with Gasteiger partial charge < -0.3 is 15.4 Å². The number of likely N-dealkylation sites (N-methyl/N-ethyl adjacent to an activating group) is 1. The Kier molecular flexibility index (Phi) is 10.9. The number of hydrogen-bond donors (Lipinski definition) is 3. The molecule has 0 bridgehead atoms. The van der Waals surface area contributed by atoms with Crippen LogP contribution < -0.4 is 15.4 Å². The van der Waals surface area contributed by atoms with Gasteiger partial charge in [-0.05, 0) is 24.1 Å². The van der Waals surface area contributed by atoms with Gasteiger partial charge in [0.2, 0.25) is 11.8 Å². The maximum atomic E-state index is 12.8. The van der Waals surface area contributed by atoms with Crippen LogP contribution in [0.4, 0.5) is 0 Å². The highest BCUT2D eigenvalue weighted by molar-refractivity contribution is 7.81. The predicted molar refractivity (Wildman–Crippen MR) is 113 cm³/mol. The van der Waals surface area contributed by atoms with Gasteiger partial charge in [0.05, 0.1) is 7.11 Å². The van der Waals surface area contributed by atoms with Gasteiger partial charge in [-0.25, -0.2) is 0 Å². The largest absolute Gasteiger partial charge is 0.497 e. The third kappa shape index (κ3) is 8.24. The molecule has 0 radical (unpaired) electrons. The minimum Gasteiger partial charge on any atom is -0.497 e. The molecule has 2 N–H and O–H groups in total. The molecule has 0 saturated carbocycles. The lowest BCUT2D eigenvalue weighted by molar-refractivity contribution is -0.131. The number of carbonyl (C=O) groups is 2. The van der Waals surface area contributed by atoms with E-state index in [9.17, 15) is 9.59 Å². The van der Waals surface area contributed by atoms with Gasteiger partial charge in [0.1, 0.15) is 11.8 Å². The number of thiol groups is 1. The van der Waals surface area contributed by atoms with Crippen molar-refractivity contribution in [2.75, 3.05) is 14.2 Å². The van der Waals surface area contributed by atoms with Crippen LogP contribution in [0.15, 0.2) is 24.3 Å². The van der Waals surface area contributed by atoms with Crippen LogP contribution in [0.25, 0.3) is 0 Å². The first-order valence-corrected chi connectivity index (χ1v) is 10.3. The molecule has 1 aromatic rings. The van der Waals surface area contributed by atoms with E-state index in [4.69, 9.17) is 4.74 Å². The lowest BCUT2D eigenvalue weighted by Crippen LogP contribution is -2.49. The summed E-state index contributed by atoms with van der Waals surface area (Å²) in [5.41, 5.74) is 0.961. The van der Waals surface area contributed by atoms with Crippen molar-refractivity contribution in [3.05, 3.63) is 29.8 Å². The number of carbonyl (C=O) groups excluding carboxylic acids is 2. The van der Waals surface area contributed by atoms with E-state index in [-0.39, 0.29) is 23.0 Å². The Balaban J connectivity index is 2.77. The molecular weight excluding hydrogens is 360 g/mol. The summed E-state index contributed by atoms with van der Waals surface area (Å²) in [6, 6.07) is 6.91. The molecule has 0 aliphatic rings. The maximum Gasteiger partial charge on any atom is 0.242 e. The van der Waals surface area contributed by atoms with Gasteiger partial charge in [0.25, 0.3) is 0 Å². The topological polar surface area (TPSA) is 67.4 Å². The summed E-state index contributed by atoms with van der Waals surface area (Å²) in [6.45, 7) is 4.10. The first-order chi connectivity index (χ1) is 12.9. The highest BCUT2D eigenvalue weighted by Gasteiger charge is 2.27. The van der Waals surface area contributed by atoms with Crippen molar-refractivity contribution < 1.29 is 14.3 Å². The Labute approximate surface area is 169 Å². The molecule has 2 unspecified atom stereocenters. The van der Waals surface area contributed by atoms with Gasteiger partial charge in [-0.2, -0.15) is 12.6 Å². The quantitative estimate of drug-likeness (QED) is 0.376. The van der Waals surface area contributed by atoms with Gasteiger partial charge in [0.15, 0.2) is 0 Å². The fraction of sp³-hybridized carbons (Fsp3) is 0.619. The number of hydrogen-bond acceptors (Lipinski definition) is 4. The highest BCUT2D eigenvalue weighted by Crippen LogP contribution is 2.20. The highest BCUT2D eigenvalue weighted by atomic mass is 32.1. The molecule has 0 heterocycles. The van der Waals surface area contributed by atoms with Crippen LogP contribution >= 0.6 is 12.6 Å². The molecule has 0 saturated heterocycles. The van der Waals surface area contributed by atoms with Gasteiger partial charge in [-0.3, -0.25) is 9.59 Å². The van der Waals surface area contributed by atoms with Crippen molar-refractivity contribution in [1.82, 2.24) is 10.6 Å². The summed E-state index contributed by atoms with van der Waals surface area (Å²) < 4.78 is 5.16. The Morgan fingerprint density at radius 2 is 1.78 bits per heavy atom.